The van der Waals surface area contributed by atoms with Gasteiger partial charge in [-0.15, -0.1) is 11.8 Å². The minimum absolute atomic E-state index is 0.0329. The summed E-state index contributed by atoms with van der Waals surface area (Å²) >= 11 is 6.74. The molecule has 1 aromatic rings. The molecule has 14 heavy (non-hydrogen) atoms. The van der Waals surface area contributed by atoms with Gasteiger partial charge in [-0.1, -0.05) is 6.92 Å². The van der Waals surface area contributed by atoms with Gasteiger partial charge in [-0.3, -0.25) is 0 Å². The van der Waals surface area contributed by atoms with Crippen LogP contribution >= 0.6 is 23.4 Å². The van der Waals surface area contributed by atoms with Crippen LogP contribution in [0.15, 0.2) is 11.2 Å². The van der Waals surface area contributed by atoms with Gasteiger partial charge in [-0.05, 0) is 17.5 Å². The van der Waals surface area contributed by atoms with Gasteiger partial charge in [0.25, 0.3) is 0 Å². The summed E-state index contributed by atoms with van der Waals surface area (Å²) in [6.45, 7) is 1.95. The Hall–Kier alpha value is -0.390. The van der Waals surface area contributed by atoms with E-state index in [1.165, 1.54) is 11.8 Å². The van der Waals surface area contributed by atoms with Crippen molar-refractivity contribution in [2.75, 3.05) is 12.4 Å². The molecular weight excluding hydrogens is 227 g/mol. The highest BCUT2D eigenvalue weighted by molar-refractivity contribution is 7.99. The molecule has 78 valence electrons. The molecular formula is C8H10ClFN2OS. The highest BCUT2D eigenvalue weighted by atomic mass is 35.5. The van der Waals surface area contributed by atoms with Crippen molar-refractivity contribution < 1.29 is 9.50 Å². The van der Waals surface area contributed by atoms with E-state index >= 15 is 0 Å². The van der Waals surface area contributed by atoms with Crippen LogP contribution in [0.3, 0.4) is 0 Å². The van der Waals surface area contributed by atoms with Gasteiger partial charge in [0.1, 0.15) is 5.03 Å². The molecule has 0 spiro atoms. The van der Waals surface area contributed by atoms with Crippen LogP contribution in [0.5, 0.6) is 0 Å². The molecule has 1 atom stereocenters. The molecule has 0 fully saturated rings. The van der Waals surface area contributed by atoms with Gasteiger partial charge in [0.2, 0.25) is 5.28 Å². The van der Waals surface area contributed by atoms with Crippen molar-refractivity contribution in [2.24, 2.45) is 5.92 Å². The standard InChI is InChI=1S/C8H10ClFN2OS/c1-5(3-13)4-14-7-6(10)2-11-8(9)12-7/h2,5,13H,3-4H2,1H3. The first-order valence-electron chi connectivity index (χ1n) is 4.05. The number of thioether (sulfide) groups is 1. The average Bonchev–Trinajstić information content (AvgIpc) is 2.19. The van der Waals surface area contributed by atoms with Crippen LogP contribution in [-0.2, 0) is 0 Å². The monoisotopic (exact) mass is 236 g/mol. The van der Waals surface area contributed by atoms with Crippen LogP contribution in [0.1, 0.15) is 6.92 Å². The molecule has 0 bridgehead atoms. The molecule has 0 aliphatic rings. The molecule has 1 heterocycles. The van der Waals surface area contributed by atoms with Gasteiger partial charge in [0.15, 0.2) is 5.82 Å². The van der Waals surface area contributed by atoms with Crippen molar-refractivity contribution in [1.82, 2.24) is 9.97 Å². The van der Waals surface area contributed by atoms with Crippen LogP contribution in [0.2, 0.25) is 5.28 Å². The van der Waals surface area contributed by atoms with E-state index in [9.17, 15) is 4.39 Å². The molecule has 6 heteroatoms. The molecule has 0 aliphatic heterocycles. The van der Waals surface area contributed by atoms with E-state index in [0.29, 0.717) is 5.75 Å². The number of aliphatic hydroxyl groups is 1. The maximum absolute atomic E-state index is 13.1. The number of halogens is 2. The molecule has 0 saturated carbocycles. The lowest BCUT2D eigenvalue weighted by Gasteiger charge is -2.06. The Bertz CT molecular complexity index is 313. The van der Waals surface area contributed by atoms with Crippen LogP contribution in [0.4, 0.5) is 4.39 Å². The smallest absolute Gasteiger partial charge is 0.223 e. The zero-order valence-corrected chi connectivity index (χ0v) is 9.15. The Labute approximate surface area is 90.7 Å². The van der Waals surface area contributed by atoms with Crippen molar-refractivity contribution in [1.29, 1.82) is 0 Å². The Morgan fingerprint density at radius 2 is 2.43 bits per heavy atom. The molecule has 1 aromatic heterocycles. The SMILES string of the molecule is CC(CO)CSc1nc(Cl)ncc1F. The van der Waals surface area contributed by atoms with E-state index in [2.05, 4.69) is 9.97 Å². The lowest BCUT2D eigenvalue weighted by atomic mass is 10.2. The van der Waals surface area contributed by atoms with Gasteiger partial charge < -0.3 is 5.11 Å². The molecule has 0 amide bonds. The predicted octanol–water partition coefficient (Wildman–Crippen LogP) is 1.99. The third-order valence-corrected chi connectivity index (χ3v) is 2.98. The van der Waals surface area contributed by atoms with Gasteiger partial charge in [-0.2, -0.15) is 0 Å². The van der Waals surface area contributed by atoms with Crippen LogP contribution in [-0.4, -0.2) is 27.4 Å². The van der Waals surface area contributed by atoms with Crippen molar-refractivity contribution in [3.8, 4) is 0 Å². The minimum Gasteiger partial charge on any atom is -0.396 e. The summed E-state index contributed by atoms with van der Waals surface area (Å²) in [5.74, 6) is 0.221. The second-order valence-electron chi connectivity index (χ2n) is 2.89. The number of hydrogen-bond donors (Lipinski definition) is 1. The molecule has 0 aromatic carbocycles. The molecule has 1 unspecified atom stereocenters. The maximum atomic E-state index is 13.1. The van der Waals surface area contributed by atoms with Crippen molar-refractivity contribution >= 4 is 23.4 Å². The van der Waals surface area contributed by atoms with E-state index in [-0.39, 0.29) is 22.8 Å². The fourth-order valence-electron chi connectivity index (χ4n) is 0.706. The van der Waals surface area contributed by atoms with Crippen LogP contribution in [0, 0.1) is 11.7 Å². The minimum atomic E-state index is -0.482. The number of aliphatic hydroxyl groups excluding tert-OH is 1. The first-order valence-corrected chi connectivity index (χ1v) is 5.41. The molecule has 0 aliphatic carbocycles. The Morgan fingerprint density at radius 3 is 3.07 bits per heavy atom. The number of rotatable bonds is 4. The normalized spacial score (nSPS) is 12.9. The highest BCUT2D eigenvalue weighted by Crippen LogP contribution is 2.22. The Balaban J connectivity index is 2.62. The van der Waals surface area contributed by atoms with Gasteiger partial charge in [0, 0.05) is 12.4 Å². The lowest BCUT2D eigenvalue weighted by molar-refractivity contribution is 0.250. The van der Waals surface area contributed by atoms with E-state index in [1.54, 1.807) is 0 Å². The molecule has 1 N–H and O–H groups in total. The molecule has 1 rings (SSSR count). The van der Waals surface area contributed by atoms with Crippen LogP contribution in [0.25, 0.3) is 0 Å². The van der Waals surface area contributed by atoms with E-state index in [1.807, 2.05) is 6.92 Å². The van der Waals surface area contributed by atoms with E-state index in [0.717, 1.165) is 6.20 Å². The fourth-order valence-corrected chi connectivity index (χ4v) is 1.78. The molecule has 3 nitrogen and oxygen atoms in total. The lowest BCUT2D eigenvalue weighted by Crippen LogP contribution is -2.04. The summed E-state index contributed by atoms with van der Waals surface area (Å²) in [4.78, 5) is 7.24. The second kappa shape index (κ2) is 5.48. The predicted molar refractivity (Wildman–Crippen MR) is 54.0 cm³/mol. The topological polar surface area (TPSA) is 46.0 Å². The zero-order chi connectivity index (χ0) is 10.6. The van der Waals surface area contributed by atoms with Crippen molar-refractivity contribution in [2.45, 2.75) is 11.9 Å². The van der Waals surface area contributed by atoms with E-state index < -0.39 is 5.82 Å². The first kappa shape index (κ1) is 11.7. The zero-order valence-electron chi connectivity index (χ0n) is 7.57. The summed E-state index contributed by atoms with van der Waals surface area (Å²) in [5.41, 5.74) is 0. The van der Waals surface area contributed by atoms with Crippen molar-refractivity contribution in [3.05, 3.63) is 17.3 Å². The van der Waals surface area contributed by atoms with Crippen LogP contribution < -0.4 is 0 Å². The quantitative estimate of drug-likeness (QED) is 0.493. The third kappa shape index (κ3) is 3.40. The Morgan fingerprint density at radius 1 is 1.71 bits per heavy atom. The third-order valence-electron chi connectivity index (χ3n) is 1.50. The molecule has 0 saturated heterocycles. The van der Waals surface area contributed by atoms with Gasteiger partial charge in [-0.25, -0.2) is 14.4 Å². The average molecular weight is 237 g/mol. The number of nitrogens with zero attached hydrogens (tertiary/aromatic N) is 2. The Kier molecular flexibility index (Phi) is 4.57. The van der Waals surface area contributed by atoms with Gasteiger partial charge in [0.05, 0.1) is 6.20 Å². The highest BCUT2D eigenvalue weighted by Gasteiger charge is 2.08. The first-order chi connectivity index (χ1) is 6.63. The summed E-state index contributed by atoms with van der Waals surface area (Å²) in [5, 5.41) is 9.03. The summed E-state index contributed by atoms with van der Waals surface area (Å²) in [6, 6.07) is 0. The summed E-state index contributed by atoms with van der Waals surface area (Å²) in [6.07, 6.45) is 1.04. The largest absolute Gasteiger partial charge is 0.396 e. The molecule has 0 radical (unpaired) electrons. The second-order valence-corrected chi connectivity index (χ2v) is 4.24. The van der Waals surface area contributed by atoms with E-state index in [4.69, 9.17) is 16.7 Å². The fraction of sp³-hybridized carbons (Fsp3) is 0.500. The van der Waals surface area contributed by atoms with Crippen molar-refractivity contribution in [3.63, 3.8) is 0 Å². The summed E-state index contributed by atoms with van der Waals surface area (Å²) < 4.78 is 13.1. The van der Waals surface area contributed by atoms with Gasteiger partial charge >= 0.3 is 0 Å². The summed E-state index contributed by atoms with van der Waals surface area (Å²) in [7, 11) is 0. The number of hydrogen-bond acceptors (Lipinski definition) is 4. The maximum Gasteiger partial charge on any atom is 0.223 e. The number of aromatic nitrogens is 2.